The first kappa shape index (κ1) is 17.8. The average molecular weight is 333 g/mol. The smallest absolute Gasteiger partial charge is 0.119 e. The van der Waals surface area contributed by atoms with E-state index in [9.17, 15) is 0 Å². The molecule has 3 rings (SSSR count). The molecule has 1 aliphatic heterocycles. The highest BCUT2D eigenvalue weighted by molar-refractivity contribution is 5.85. The Balaban J connectivity index is 0.00000192. The lowest BCUT2D eigenvalue weighted by atomic mass is 9.95. The fourth-order valence-electron chi connectivity index (χ4n) is 3.15. The lowest BCUT2D eigenvalue weighted by molar-refractivity contribution is 0.235. The molecule has 2 atom stereocenters. The lowest BCUT2D eigenvalue weighted by Gasteiger charge is -2.16. The molecule has 0 bridgehead atoms. The Hall–Kier alpha value is -1.55. The number of hydrogen-bond acceptors (Lipinski definition) is 3. The molecule has 0 amide bonds. The van der Waals surface area contributed by atoms with E-state index in [1.807, 2.05) is 12.1 Å². The summed E-state index contributed by atoms with van der Waals surface area (Å²) in [6.07, 6.45) is 0. The third kappa shape index (κ3) is 4.71. The van der Waals surface area contributed by atoms with E-state index >= 15 is 0 Å². The Morgan fingerprint density at radius 2 is 1.87 bits per heavy atom. The van der Waals surface area contributed by atoms with Crippen molar-refractivity contribution in [2.45, 2.75) is 18.9 Å². The molecule has 0 unspecified atom stereocenters. The Morgan fingerprint density at radius 3 is 2.61 bits per heavy atom. The molecule has 1 aliphatic rings. The van der Waals surface area contributed by atoms with Gasteiger partial charge >= 0.3 is 0 Å². The van der Waals surface area contributed by atoms with Crippen molar-refractivity contribution in [1.29, 1.82) is 0 Å². The molecule has 23 heavy (non-hydrogen) atoms. The molecule has 2 N–H and O–H groups in total. The molecule has 4 heteroatoms. The number of nitrogens with two attached hydrogens (primary N) is 1. The van der Waals surface area contributed by atoms with Gasteiger partial charge in [-0.05, 0) is 30.2 Å². The molecule has 0 aliphatic carbocycles. The molecule has 2 aromatic carbocycles. The van der Waals surface area contributed by atoms with Crippen LogP contribution >= 0.6 is 12.4 Å². The predicted molar refractivity (Wildman–Crippen MR) is 97.5 cm³/mol. The van der Waals surface area contributed by atoms with Crippen molar-refractivity contribution in [2.24, 2.45) is 5.73 Å². The number of likely N-dealkylation sites (tertiary alicyclic amines) is 1. The van der Waals surface area contributed by atoms with E-state index in [4.69, 9.17) is 10.5 Å². The summed E-state index contributed by atoms with van der Waals surface area (Å²) in [4.78, 5) is 2.40. The molecule has 0 aromatic heterocycles. The molecule has 1 heterocycles. The Bertz CT molecular complexity index is 605. The summed E-state index contributed by atoms with van der Waals surface area (Å²) in [6, 6.07) is 19.0. The highest BCUT2D eigenvalue weighted by Gasteiger charge is 2.30. The molecule has 124 valence electrons. The van der Waals surface area contributed by atoms with E-state index in [-0.39, 0.29) is 18.4 Å². The number of benzene rings is 2. The van der Waals surface area contributed by atoms with Crippen molar-refractivity contribution in [2.75, 3.05) is 26.2 Å². The van der Waals surface area contributed by atoms with Crippen molar-refractivity contribution in [1.82, 2.24) is 4.90 Å². The molecular formula is C19H25ClN2O. The van der Waals surface area contributed by atoms with Crippen molar-refractivity contribution in [3.05, 3.63) is 65.7 Å². The van der Waals surface area contributed by atoms with Crippen LogP contribution in [-0.4, -0.2) is 37.2 Å². The number of halogens is 1. The normalized spacial score (nSPS) is 21.0. The number of aryl methyl sites for hydroxylation is 1. The summed E-state index contributed by atoms with van der Waals surface area (Å²) in [5.74, 6) is 1.38. The number of rotatable bonds is 5. The van der Waals surface area contributed by atoms with Gasteiger partial charge in [0.25, 0.3) is 0 Å². The van der Waals surface area contributed by atoms with Crippen LogP contribution in [0.25, 0.3) is 0 Å². The van der Waals surface area contributed by atoms with Gasteiger partial charge in [0.1, 0.15) is 12.4 Å². The summed E-state index contributed by atoms with van der Waals surface area (Å²) < 4.78 is 5.84. The molecule has 1 saturated heterocycles. The van der Waals surface area contributed by atoms with Gasteiger partial charge in [-0.15, -0.1) is 12.4 Å². The molecule has 3 nitrogen and oxygen atoms in total. The number of hydrogen-bond donors (Lipinski definition) is 1. The molecular weight excluding hydrogens is 308 g/mol. The van der Waals surface area contributed by atoms with Crippen molar-refractivity contribution in [3.8, 4) is 5.75 Å². The highest BCUT2D eigenvalue weighted by Crippen LogP contribution is 2.26. The van der Waals surface area contributed by atoms with Crippen molar-refractivity contribution in [3.63, 3.8) is 0 Å². The zero-order valence-corrected chi connectivity index (χ0v) is 14.3. The second-order valence-corrected chi connectivity index (χ2v) is 6.11. The summed E-state index contributed by atoms with van der Waals surface area (Å²) in [7, 11) is 0. The third-order valence-electron chi connectivity index (χ3n) is 4.33. The predicted octanol–water partition coefficient (Wildman–Crippen LogP) is 3.22. The standard InChI is InChI=1S/C19H24N2O.ClH/c1-15-6-5-9-17(12-15)22-11-10-21-13-18(19(20)14-21)16-7-3-2-4-8-16;/h2-9,12,18-19H,10-11,13-14,20H2,1H3;1H/t18-,19+;/m0./s1. The number of nitrogens with zero attached hydrogens (tertiary/aromatic N) is 1. The van der Waals surface area contributed by atoms with Crippen LogP contribution in [0.1, 0.15) is 17.0 Å². The zero-order chi connectivity index (χ0) is 15.4. The van der Waals surface area contributed by atoms with Gasteiger partial charge in [-0.25, -0.2) is 0 Å². The van der Waals surface area contributed by atoms with Crippen LogP contribution in [0.4, 0.5) is 0 Å². The van der Waals surface area contributed by atoms with Crippen LogP contribution in [0.5, 0.6) is 5.75 Å². The van der Waals surface area contributed by atoms with Crippen molar-refractivity contribution < 1.29 is 4.74 Å². The van der Waals surface area contributed by atoms with Gasteiger partial charge in [-0.3, -0.25) is 4.90 Å². The Morgan fingerprint density at radius 1 is 1.09 bits per heavy atom. The van der Waals surface area contributed by atoms with Gasteiger partial charge in [0.05, 0.1) is 0 Å². The first-order valence-corrected chi connectivity index (χ1v) is 7.95. The molecule has 0 spiro atoms. The zero-order valence-electron chi connectivity index (χ0n) is 13.5. The molecule has 1 fully saturated rings. The largest absolute Gasteiger partial charge is 0.492 e. The van der Waals surface area contributed by atoms with Crippen LogP contribution in [0.15, 0.2) is 54.6 Å². The first-order chi connectivity index (χ1) is 10.7. The topological polar surface area (TPSA) is 38.5 Å². The van der Waals surface area contributed by atoms with Gasteiger partial charge in [0.15, 0.2) is 0 Å². The summed E-state index contributed by atoms with van der Waals surface area (Å²) in [6.45, 7) is 5.67. The van der Waals surface area contributed by atoms with Crippen LogP contribution in [-0.2, 0) is 0 Å². The van der Waals surface area contributed by atoms with Crippen LogP contribution in [0, 0.1) is 6.92 Å². The monoisotopic (exact) mass is 332 g/mol. The third-order valence-corrected chi connectivity index (χ3v) is 4.33. The fourth-order valence-corrected chi connectivity index (χ4v) is 3.15. The summed E-state index contributed by atoms with van der Waals surface area (Å²) >= 11 is 0. The van der Waals surface area contributed by atoms with Gasteiger partial charge in [-0.1, -0.05) is 42.5 Å². The Labute approximate surface area is 144 Å². The lowest BCUT2D eigenvalue weighted by Crippen LogP contribution is -2.30. The second-order valence-electron chi connectivity index (χ2n) is 6.11. The van der Waals surface area contributed by atoms with E-state index in [1.165, 1.54) is 11.1 Å². The summed E-state index contributed by atoms with van der Waals surface area (Å²) in [5, 5.41) is 0. The SMILES string of the molecule is Cc1cccc(OCCN2C[C@@H](N)[C@H](c3ccccc3)C2)c1.Cl. The Kier molecular flexibility index (Phi) is 6.46. The van der Waals surface area contributed by atoms with E-state index < -0.39 is 0 Å². The molecule has 0 radical (unpaired) electrons. The van der Waals surface area contributed by atoms with Gasteiger partial charge in [-0.2, -0.15) is 0 Å². The van der Waals surface area contributed by atoms with E-state index in [1.54, 1.807) is 0 Å². The summed E-state index contributed by atoms with van der Waals surface area (Å²) in [5.41, 5.74) is 8.89. The highest BCUT2D eigenvalue weighted by atomic mass is 35.5. The van der Waals surface area contributed by atoms with Crippen LogP contribution in [0.3, 0.4) is 0 Å². The maximum atomic E-state index is 6.32. The first-order valence-electron chi connectivity index (χ1n) is 7.95. The van der Waals surface area contributed by atoms with E-state index in [0.29, 0.717) is 12.5 Å². The molecule has 2 aromatic rings. The maximum Gasteiger partial charge on any atom is 0.119 e. The second kappa shape index (κ2) is 8.34. The van der Waals surface area contributed by atoms with E-state index in [2.05, 4.69) is 54.3 Å². The molecule has 0 saturated carbocycles. The number of ether oxygens (including phenoxy) is 1. The van der Waals surface area contributed by atoms with Crippen LogP contribution < -0.4 is 10.5 Å². The van der Waals surface area contributed by atoms with Crippen molar-refractivity contribution >= 4 is 12.4 Å². The minimum Gasteiger partial charge on any atom is -0.492 e. The maximum absolute atomic E-state index is 6.32. The quantitative estimate of drug-likeness (QED) is 0.913. The minimum absolute atomic E-state index is 0. The van der Waals surface area contributed by atoms with Gasteiger partial charge in [0.2, 0.25) is 0 Å². The minimum atomic E-state index is 0. The fraction of sp³-hybridized carbons (Fsp3) is 0.368. The van der Waals surface area contributed by atoms with Gasteiger partial charge in [0, 0.05) is 31.6 Å². The van der Waals surface area contributed by atoms with Crippen LogP contribution in [0.2, 0.25) is 0 Å². The average Bonchev–Trinajstić information content (AvgIpc) is 2.89. The van der Waals surface area contributed by atoms with Gasteiger partial charge < -0.3 is 10.5 Å². The van der Waals surface area contributed by atoms with E-state index in [0.717, 1.165) is 25.4 Å².